The number of carboxylic acid groups (broad SMARTS) is 1. The van der Waals surface area contributed by atoms with E-state index >= 15 is 0 Å². The van der Waals surface area contributed by atoms with Crippen molar-refractivity contribution in [2.75, 3.05) is 0 Å². The van der Waals surface area contributed by atoms with Crippen molar-refractivity contribution < 1.29 is 19.4 Å². The summed E-state index contributed by atoms with van der Waals surface area (Å²) in [6.07, 6.45) is 9.39. The Kier molecular flexibility index (Phi) is 4.25. The minimum absolute atomic E-state index is 0.346. The Labute approximate surface area is 108 Å². The largest absolute Gasteiger partial charge is 0.481 e. The molecule has 2 rings (SSSR count). The fourth-order valence-electron chi connectivity index (χ4n) is 3.58. The fourth-order valence-corrected chi connectivity index (χ4v) is 3.58. The number of carboxylic acids is 1. The minimum atomic E-state index is -1.10. The summed E-state index contributed by atoms with van der Waals surface area (Å²) in [4.78, 5) is 22.3. The van der Waals surface area contributed by atoms with Gasteiger partial charge < -0.3 is 9.84 Å². The van der Waals surface area contributed by atoms with Crippen molar-refractivity contribution >= 4 is 11.9 Å². The first kappa shape index (κ1) is 13.4. The van der Waals surface area contributed by atoms with E-state index in [0.29, 0.717) is 5.92 Å². The fraction of sp³-hybridized carbons (Fsp3) is 0.857. The van der Waals surface area contributed by atoms with Gasteiger partial charge >= 0.3 is 11.9 Å². The Hall–Kier alpha value is -1.06. The van der Waals surface area contributed by atoms with E-state index in [2.05, 4.69) is 0 Å². The molecular weight excluding hydrogens is 232 g/mol. The lowest BCUT2D eigenvalue weighted by Crippen LogP contribution is -2.43. The van der Waals surface area contributed by atoms with Crippen LogP contribution in [-0.4, -0.2) is 22.6 Å². The number of hydrogen-bond acceptors (Lipinski definition) is 3. The van der Waals surface area contributed by atoms with Gasteiger partial charge in [-0.2, -0.15) is 0 Å². The van der Waals surface area contributed by atoms with E-state index in [0.717, 1.165) is 38.5 Å². The summed E-state index contributed by atoms with van der Waals surface area (Å²) in [5, 5.41) is 8.66. The SMILES string of the molecule is O=C(O)CC(=O)OC1(C2CCCC2)CCCCC1. The van der Waals surface area contributed by atoms with E-state index < -0.39 is 18.4 Å². The summed E-state index contributed by atoms with van der Waals surface area (Å²) in [7, 11) is 0. The van der Waals surface area contributed by atoms with Crippen LogP contribution in [0.4, 0.5) is 0 Å². The molecule has 0 spiro atoms. The number of hydrogen-bond donors (Lipinski definition) is 1. The van der Waals surface area contributed by atoms with Gasteiger partial charge in [-0.05, 0) is 44.4 Å². The summed E-state index contributed by atoms with van der Waals surface area (Å²) >= 11 is 0. The van der Waals surface area contributed by atoms with Crippen LogP contribution in [0.5, 0.6) is 0 Å². The van der Waals surface area contributed by atoms with E-state index in [1.165, 1.54) is 19.3 Å². The van der Waals surface area contributed by atoms with Gasteiger partial charge in [0.1, 0.15) is 12.0 Å². The third-order valence-electron chi connectivity index (χ3n) is 4.41. The highest BCUT2D eigenvalue weighted by Crippen LogP contribution is 2.45. The van der Waals surface area contributed by atoms with Gasteiger partial charge in [-0.1, -0.05) is 19.3 Å². The number of esters is 1. The second-order valence-electron chi connectivity index (χ2n) is 5.65. The molecule has 0 aromatic heterocycles. The molecule has 2 aliphatic rings. The van der Waals surface area contributed by atoms with Gasteiger partial charge in [0.05, 0.1) is 0 Å². The van der Waals surface area contributed by atoms with Crippen LogP contribution in [0.3, 0.4) is 0 Å². The first-order valence-electron chi connectivity index (χ1n) is 7.06. The molecule has 102 valence electrons. The number of ether oxygens (including phenoxy) is 1. The second-order valence-corrected chi connectivity index (χ2v) is 5.65. The van der Waals surface area contributed by atoms with Gasteiger partial charge in [0.2, 0.25) is 0 Å². The Morgan fingerprint density at radius 1 is 1.06 bits per heavy atom. The van der Waals surface area contributed by atoms with Crippen molar-refractivity contribution in [1.29, 1.82) is 0 Å². The lowest BCUT2D eigenvalue weighted by molar-refractivity contribution is -0.173. The van der Waals surface area contributed by atoms with Gasteiger partial charge in [0.15, 0.2) is 0 Å². The molecule has 1 N–H and O–H groups in total. The van der Waals surface area contributed by atoms with Crippen molar-refractivity contribution in [1.82, 2.24) is 0 Å². The molecule has 0 aromatic carbocycles. The molecule has 0 bridgehead atoms. The van der Waals surface area contributed by atoms with E-state index in [1.54, 1.807) is 0 Å². The molecule has 0 aliphatic heterocycles. The van der Waals surface area contributed by atoms with Crippen molar-refractivity contribution in [3.05, 3.63) is 0 Å². The topological polar surface area (TPSA) is 63.6 Å². The molecule has 18 heavy (non-hydrogen) atoms. The van der Waals surface area contributed by atoms with Crippen LogP contribution in [0, 0.1) is 5.92 Å². The van der Waals surface area contributed by atoms with Gasteiger partial charge in [0, 0.05) is 0 Å². The summed E-state index contributed by atoms with van der Waals surface area (Å²) in [6, 6.07) is 0. The minimum Gasteiger partial charge on any atom is -0.481 e. The van der Waals surface area contributed by atoms with Crippen LogP contribution < -0.4 is 0 Å². The molecule has 0 amide bonds. The van der Waals surface area contributed by atoms with Gasteiger partial charge in [-0.15, -0.1) is 0 Å². The molecule has 2 saturated carbocycles. The predicted octanol–water partition coefficient (Wildman–Crippen LogP) is 2.90. The monoisotopic (exact) mass is 254 g/mol. The zero-order valence-electron chi connectivity index (χ0n) is 10.8. The Morgan fingerprint density at radius 2 is 1.67 bits per heavy atom. The average Bonchev–Trinajstić information content (AvgIpc) is 2.82. The lowest BCUT2D eigenvalue weighted by atomic mass is 9.74. The summed E-state index contributed by atoms with van der Waals surface area (Å²) in [5.41, 5.74) is -0.346. The van der Waals surface area contributed by atoms with E-state index in [4.69, 9.17) is 9.84 Å². The van der Waals surface area contributed by atoms with E-state index in [9.17, 15) is 9.59 Å². The maximum Gasteiger partial charge on any atom is 0.317 e. The van der Waals surface area contributed by atoms with Crippen molar-refractivity contribution in [3.63, 3.8) is 0 Å². The molecule has 0 saturated heterocycles. The second kappa shape index (κ2) is 5.72. The first-order chi connectivity index (χ1) is 8.62. The molecule has 2 fully saturated rings. The van der Waals surface area contributed by atoms with Crippen LogP contribution in [-0.2, 0) is 14.3 Å². The standard InChI is InChI=1S/C14H22O4/c15-12(16)10-13(17)18-14(8-4-1-5-9-14)11-6-2-3-7-11/h11H,1-10H2,(H,15,16). The third kappa shape index (κ3) is 3.03. The van der Waals surface area contributed by atoms with E-state index in [-0.39, 0.29) is 5.60 Å². The van der Waals surface area contributed by atoms with Gasteiger partial charge in [0.25, 0.3) is 0 Å². The van der Waals surface area contributed by atoms with Gasteiger partial charge in [-0.3, -0.25) is 9.59 Å². The molecule has 0 unspecified atom stereocenters. The number of aliphatic carboxylic acids is 1. The Balaban J connectivity index is 2.04. The van der Waals surface area contributed by atoms with Crippen molar-refractivity contribution in [2.45, 2.75) is 69.8 Å². The van der Waals surface area contributed by atoms with E-state index in [1.807, 2.05) is 0 Å². The van der Waals surface area contributed by atoms with Gasteiger partial charge in [-0.25, -0.2) is 0 Å². The maximum atomic E-state index is 11.7. The molecule has 0 aromatic rings. The Morgan fingerprint density at radius 3 is 2.22 bits per heavy atom. The highest BCUT2D eigenvalue weighted by molar-refractivity contribution is 5.90. The van der Waals surface area contributed by atoms with Crippen molar-refractivity contribution in [2.24, 2.45) is 5.92 Å². The van der Waals surface area contributed by atoms with Crippen LogP contribution in [0.15, 0.2) is 0 Å². The smallest absolute Gasteiger partial charge is 0.317 e. The average molecular weight is 254 g/mol. The molecule has 4 nitrogen and oxygen atoms in total. The molecule has 0 atom stereocenters. The zero-order chi connectivity index (χ0) is 13.0. The number of carbonyl (C=O) groups is 2. The van der Waals surface area contributed by atoms with Crippen LogP contribution in [0.25, 0.3) is 0 Å². The molecule has 4 heteroatoms. The number of rotatable bonds is 4. The molecule has 0 radical (unpaired) electrons. The normalized spacial score (nSPS) is 23.8. The van der Waals surface area contributed by atoms with Crippen LogP contribution >= 0.6 is 0 Å². The zero-order valence-corrected chi connectivity index (χ0v) is 10.8. The summed E-state index contributed by atoms with van der Waals surface area (Å²) in [6.45, 7) is 0. The summed E-state index contributed by atoms with van der Waals surface area (Å²) in [5.74, 6) is -1.20. The van der Waals surface area contributed by atoms with Crippen LogP contribution in [0.2, 0.25) is 0 Å². The Bertz CT molecular complexity index is 312. The maximum absolute atomic E-state index is 11.7. The lowest BCUT2D eigenvalue weighted by Gasteiger charge is -2.41. The van der Waals surface area contributed by atoms with Crippen molar-refractivity contribution in [3.8, 4) is 0 Å². The quantitative estimate of drug-likeness (QED) is 0.619. The first-order valence-corrected chi connectivity index (χ1v) is 7.06. The predicted molar refractivity (Wildman–Crippen MR) is 66.1 cm³/mol. The molecular formula is C14H22O4. The highest BCUT2D eigenvalue weighted by Gasteiger charge is 2.44. The molecule has 0 heterocycles. The summed E-state index contributed by atoms with van der Waals surface area (Å²) < 4.78 is 5.65. The third-order valence-corrected chi connectivity index (χ3v) is 4.41. The highest BCUT2D eigenvalue weighted by atomic mass is 16.6. The molecule has 2 aliphatic carbocycles. The van der Waals surface area contributed by atoms with Crippen LogP contribution in [0.1, 0.15) is 64.2 Å². The number of carbonyl (C=O) groups excluding carboxylic acids is 1.